The fourth-order valence-corrected chi connectivity index (χ4v) is 2.62. The summed E-state index contributed by atoms with van der Waals surface area (Å²) in [6.45, 7) is 9.41. The summed E-state index contributed by atoms with van der Waals surface area (Å²) in [6.07, 6.45) is 5.64. The number of hydrogen-bond acceptors (Lipinski definition) is 2. The van der Waals surface area contributed by atoms with Crippen LogP contribution in [-0.4, -0.2) is 28.5 Å². The molecule has 2 nitrogen and oxygen atoms in total. The van der Waals surface area contributed by atoms with E-state index in [1.54, 1.807) is 0 Å². The van der Waals surface area contributed by atoms with Gasteiger partial charge in [-0.25, -0.2) is 0 Å². The SMILES string of the molecule is CCC(C)(C)N1CCC(c2ccccn2)CC1. The number of pyridine rings is 1. The summed E-state index contributed by atoms with van der Waals surface area (Å²) in [5, 5.41) is 0. The molecule has 1 aromatic rings. The van der Waals surface area contributed by atoms with Gasteiger partial charge in [0.25, 0.3) is 0 Å². The molecule has 0 aromatic carbocycles. The second kappa shape index (κ2) is 5.18. The molecule has 1 aliphatic heterocycles. The normalized spacial score (nSPS) is 19.5. The third-order valence-electron chi connectivity index (χ3n) is 4.32. The third-order valence-corrected chi connectivity index (χ3v) is 4.32. The maximum atomic E-state index is 4.49. The van der Waals surface area contributed by atoms with Crippen LogP contribution in [0.3, 0.4) is 0 Å². The van der Waals surface area contributed by atoms with Gasteiger partial charge in [0.05, 0.1) is 0 Å². The van der Waals surface area contributed by atoms with Gasteiger partial charge in [0.1, 0.15) is 0 Å². The molecule has 2 heterocycles. The molecule has 0 saturated carbocycles. The lowest BCUT2D eigenvalue weighted by Crippen LogP contribution is -2.47. The molecule has 0 N–H and O–H groups in total. The maximum absolute atomic E-state index is 4.49. The highest BCUT2D eigenvalue weighted by Gasteiger charge is 2.29. The van der Waals surface area contributed by atoms with Crippen molar-refractivity contribution < 1.29 is 0 Å². The number of hydrogen-bond donors (Lipinski definition) is 0. The zero-order valence-electron chi connectivity index (χ0n) is 11.3. The molecular weight excluding hydrogens is 208 g/mol. The van der Waals surface area contributed by atoms with E-state index in [-0.39, 0.29) is 0 Å². The Balaban J connectivity index is 1.95. The topological polar surface area (TPSA) is 16.1 Å². The van der Waals surface area contributed by atoms with Crippen molar-refractivity contribution in [2.45, 2.75) is 51.5 Å². The van der Waals surface area contributed by atoms with Crippen LogP contribution in [0.25, 0.3) is 0 Å². The molecule has 1 saturated heterocycles. The average Bonchev–Trinajstić information content (AvgIpc) is 2.40. The molecule has 0 spiro atoms. The van der Waals surface area contributed by atoms with Gasteiger partial charge in [0, 0.05) is 23.3 Å². The summed E-state index contributed by atoms with van der Waals surface area (Å²) >= 11 is 0. The molecule has 2 heteroatoms. The van der Waals surface area contributed by atoms with E-state index in [4.69, 9.17) is 0 Å². The predicted octanol–water partition coefficient (Wildman–Crippen LogP) is 3.45. The van der Waals surface area contributed by atoms with Crippen LogP contribution in [-0.2, 0) is 0 Å². The summed E-state index contributed by atoms with van der Waals surface area (Å²) in [5.41, 5.74) is 1.64. The fraction of sp³-hybridized carbons (Fsp3) is 0.667. The molecule has 2 rings (SSSR count). The van der Waals surface area contributed by atoms with Crippen LogP contribution in [0.2, 0.25) is 0 Å². The molecule has 0 unspecified atom stereocenters. The van der Waals surface area contributed by atoms with Gasteiger partial charge in [-0.1, -0.05) is 13.0 Å². The Morgan fingerprint density at radius 1 is 1.29 bits per heavy atom. The Labute approximate surface area is 105 Å². The second-order valence-corrected chi connectivity index (χ2v) is 5.68. The minimum Gasteiger partial charge on any atom is -0.298 e. The molecule has 0 radical (unpaired) electrons. The highest BCUT2D eigenvalue weighted by atomic mass is 15.2. The van der Waals surface area contributed by atoms with Crippen LogP contribution < -0.4 is 0 Å². The highest BCUT2D eigenvalue weighted by Crippen LogP contribution is 2.30. The molecule has 1 fully saturated rings. The lowest BCUT2D eigenvalue weighted by molar-refractivity contribution is 0.0842. The van der Waals surface area contributed by atoms with Crippen molar-refractivity contribution in [2.75, 3.05) is 13.1 Å². The fourth-order valence-electron chi connectivity index (χ4n) is 2.62. The minimum atomic E-state index is 0.356. The van der Waals surface area contributed by atoms with Crippen LogP contribution in [0.1, 0.15) is 51.6 Å². The zero-order chi connectivity index (χ0) is 12.3. The van der Waals surface area contributed by atoms with E-state index in [9.17, 15) is 0 Å². The van der Waals surface area contributed by atoms with E-state index >= 15 is 0 Å². The second-order valence-electron chi connectivity index (χ2n) is 5.68. The average molecular weight is 232 g/mol. The largest absolute Gasteiger partial charge is 0.298 e. The first kappa shape index (κ1) is 12.6. The summed E-state index contributed by atoms with van der Waals surface area (Å²) in [7, 11) is 0. The zero-order valence-corrected chi connectivity index (χ0v) is 11.3. The van der Waals surface area contributed by atoms with Crippen LogP contribution in [0.4, 0.5) is 0 Å². The first-order valence-electron chi connectivity index (χ1n) is 6.79. The van der Waals surface area contributed by atoms with Gasteiger partial charge in [0.2, 0.25) is 0 Å². The van der Waals surface area contributed by atoms with Crippen molar-refractivity contribution in [2.24, 2.45) is 0 Å². The van der Waals surface area contributed by atoms with E-state index in [1.807, 2.05) is 12.3 Å². The first-order chi connectivity index (χ1) is 8.13. The molecule has 1 aliphatic rings. The Hall–Kier alpha value is -0.890. The number of rotatable bonds is 3. The van der Waals surface area contributed by atoms with Gasteiger partial charge in [-0.15, -0.1) is 0 Å². The summed E-state index contributed by atoms with van der Waals surface area (Å²) in [6, 6.07) is 6.27. The number of aromatic nitrogens is 1. The van der Waals surface area contributed by atoms with Gasteiger partial charge in [-0.3, -0.25) is 9.88 Å². The van der Waals surface area contributed by atoms with Crippen LogP contribution in [0.5, 0.6) is 0 Å². The quantitative estimate of drug-likeness (QED) is 0.793. The summed E-state index contributed by atoms with van der Waals surface area (Å²) in [5.74, 6) is 0.667. The molecule has 17 heavy (non-hydrogen) atoms. The summed E-state index contributed by atoms with van der Waals surface area (Å²) < 4.78 is 0. The Bertz CT molecular complexity index is 337. The van der Waals surface area contributed by atoms with Gasteiger partial charge >= 0.3 is 0 Å². The monoisotopic (exact) mass is 232 g/mol. The molecular formula is C15H24N2. The summed E-state index contributed by atoms with van der Waals surface area (Å²) in [4.78, 5) is 7.12. The molecule has 1 aromatic heterocycles. The number of nitrogens with zero attached hydrogens (tertiary/aromatic N) is 2. The van der Waals surface area contributed by atoms with E-state index in [0.717, 1.165) is 0 Å². The first-order valence-corrected chi connectivity index (χ1v) is 6.79. The van der Waals surface area contributed by atoms with E-state index < -0.39 is 0 Å². The van der Waals surface area contributed by atoms with Gasteiger partial charge in [0.15, 0.2) is 0 Å². The van der Waals surface area contributed by atoms with Crippen molar-refractivity contribution in [1.29, 1.82) is 0 Å². The van der Waals surface area contributed by atoms with Crippen molar-refractivity contribution in [3.8, 4) is 0 Å². The van der Waals surface area contributed by atoms with E-state index in [2.05, 4.69) is 42.8 Å². The smallest absolute Gasteiger partial charge is 0.0435 e. The maximum Gasteiger partial charge on any atom is 0.0435 e. The third kappa shape index (κ3) is 2.86. The minimum absolute atomic E-state index is 0.356. The number of piperidine rings is 1. The van der Waals surface area contributed by atoms with Crippen molar-refractivity contribution >= 4 is 0 Å². The molecule has 0 atom stereocenters. The molecule has 0 amide bonds. The molecule has 0 aliphatic carbocycles. The van der Waals surface area contributed by atoms with Gasteiger partial charge < -0.3 is 0 Å². The van der Waals surface area contributed by atoms with Crippen LogP contribution >= 0.6 is 0 Å². The Morgan fingerprint density at radius 2 is 2.00 bits per heavy atom. The van der Waals surface area contributed by atoms with Crippen molar-refractivity contribution in [3.63, 3.8) is 0 Å². The van der Waals surface area contributed by atoms with Crippen LogP contribution in [0, 0.1) is 0 Å². The highest BCUT2D eigenvalue weighted by molar-refractivity contribution is 5.10. The Morgan fingerprint density at radius 3 is 2.53 bits per heavy atom. The standard InChI is InChI=1S/C15H24N2/c1-4-15(2,3)17-11-8-13(9-12-17)14-7-5-6-10-16-14/h5-7,10,13H,4,8-9,11-12H2,1-3H3. The van der Waals surface area contributed by atoms with Gasteiger partial charge in [-0.05, 0) is 58.3 Å². The van der Waals surface area contributed by atoms with Crippen molar-refractivity contribution in [1.82, 2.24) is 9.88 Å². The molecule has 94 valence electrons. The Kier molecular flexibility index (Phi) is 3.82. The van der Waals surface area contributed by atoms with E-state index in [0.29, 0.717) is 11.5 Å². The van der Waals surface area contributed by atoms with E-state index in [1.165, 1.54) is 38.0 Å². The molecule has 0 bridgehead atoms. The van der Waals surface area contributed by atoms with Crippen LogP contribution in [0.15, 0.2) is 24.4 Å². The lowest BCUT2D eigenvalue weighted by Gasteiger charge is -2.42. The van der Waals surface area contributed by atoms with Gasteiger partial charge in [-0.2, -0.15) is 0 Å². The predicted molar refractivity (Wildman–Crippen MR) is 72.2 cm³/mol. The number of likely N-dealkylation sites (tertiary alicyclic amines) is 1. The van der Waals surface area contributed by atoms with Crippen molar-refractivity contribution in [3.05, 3.63) is 30.1 Å². The lowest BCUT2D eigenvalue weighted by atomic mass is 9.89.